The van der Waals surface area contributed by atoms with Gasteiger partial charge in [-0.3, -0.25) is 0 Å². The normalized spacial score (nSPS) is 11.5. The maximum absolute atomic E-state index is 5.78. The van der Waals surface area contributed by atoms with Crippen molar-refractivity contribution in [3.63, 3.8) is 0 Å². The molecule has 0 aliphatic heterocycles. The number of benzene rings is 2. The molecular weight excluding hydrogens is 246 g/mol. The molecule has 2 aromatic carbocycles. The summed E-state index contributed by atoms with van der Waals surface area (Å²) in [4.78, 5) is 0. The molecule has 0 bridgehead atoms. The van der Waals surface area contributed by atoms with Crippen molar-refractivity contribution >= 4 is 0 Å². The van der Waals surface area contributed by atoms with Crippen LogP contribution in [0.25, 0.3) is 0 Å². The lowest BCUT2D eigenvalue weighted by atomic mass is 10.2. The fourth-order valence-corrected chi connectivity index (χ4v) is 2.23. The zero-order valence-electron chi connectivity index (χ0n) is 12.5. The van der Waals surface area contributed by atoms with E-state index in [-0.39, 0.29) is 0 Å². The predicted octanol–water partition coefficient (Wildman–Crippen LogP) is 3.48. The Labute approximate surface area is 122 Å². The second kappa shape index (κ2) is 7.22. The molecule has 2 aromatic rings. The third-order valence-electron chi connectivity index (χ3n) is 3.41. The number of ether oxygens (including phenoxy) is 1. The molecule has 0 aromatic heterocycles. The van der Waals surface area contributed by atoms with Crippen molar-refractivity contribution in [3.8, 4) is 0 Å². The van der Waals surface area contributed by atoms with Crippen molar-refractivity contribution in [3.05, 3.63) is 71.8 Å². The summed E-state index contributed by atoms with van der Waals surface area (Å²) in [5.74, 6) is 0. The second-order valence-corrected chi connectivity index (χ2v) is 5.84. The van der Waals surface area contributed by atoms with Crippen molar-refractivity contribution in [1.29, 1.82) is 0 Å². The molecule has 0 unspecified atom stereocenters. The van der Waals surface area contributed by atoms with Crippen molar-refractivity contribution in [1.82, 2.24) is 0 Å². The summed E-state index contributed by atoms with van der Waals surface area (Å²) in [6, 6.07) is 21.0. The van der Waals surface area contributed by atoms with E-state index in [0.29, 0.717) is 6.61 Å². The standard InChI is InChI=1S/C18H24NO/c1-19(2,15-17-9-5-3-6-10-17)13-14-20-16-18-11-7-4-8-12-18/h3-12H,13-16H2,1-2H3/q+1. The Hall–Kier alpha value is -1.64. The molecule has 0 N–H and O–H groups in total. The second-order valence-electron chi connectivity index (χ2n) is 5.84. The molecule has 0 radical (unpaired) electrons. The quantitative estimate of drug-likeness (QED) is 0.553. The Kier molecular flexibility index (Phi) is 5.33. The fourth-order valence-electron chi connectivity index (χ4n) is 2.23. The molecule has 2 heteroatoms. The summed E-state index contributed by atoms with van der Waals surface area (Å²) in [7, 11) is 4.50. The van der Waals surface area contributed by atoms with E-state index in [4.69, 9.17) is 4.74 Å². The highest BCUT2D eigenvalue weighted by Gasteiger charge is 2.15. The van der Waals surface area contributed by atoms with Crippen LogP contribution in [0.3, 0.4) is 0 Å². The first-order chi connectivity index (χ1) is 9.66. The smallest absolute Gasteiger partial charge is 0.104 e. The van der Waals surface area contributed by atoms with Gasteiger partial charge in [-0.25, -0.2) is 0 Å². The van der Waals surface area contributed by atoms with Crippen molar-refractivity contribution in [2.24, 2.45) is 0 Å². The predicted molar refractivity (Wildman–Crippen MR) is 83.2 cm³/mol. The molecule has 0 amide bonds. The SMILES string of the molecule is C[N+](C)(CCOCc1ccccc1)Cc1ccccc1. The lowest BCUT2D eigenvalue weighted by Crippen LogP contribution is -2.41. The average molecular weight is 270 g/mol. The summed E-state index contributed by atoms with van der Waals surface area (Å²) in [5, 5.41) is 0. The molecule has 0 fully saturated rings. The first-order valence-corrected chi connectivity index (χ1v) is 7.13. The van der Waals surface area contributed by atoms with Gasteiger partial charge in [0.1, 0.15) is 13.1 Å². The maximum atomic E-state index is 5.78. The van der Waals surface area contributed by atoms with Crippen LogP contribution in [0.1, 0.15) is 11.1 Å². The lowest BCUT2D eigenvalue weighted by Gasteiger charge is -2.29. The van der Waals surface area contributed by atoms with Gasteiger partial charge < -0.3 is 9.22 Å². The van der Waals surface area contributed by atoms with Crippen LogP contribution in [0.2, 0.25) is 0 Å². The Morgan fingerprint density at radius 1 is 0.800 bits per heavy atom. The zero-order valence-corrected chi connectivity index (χ0v) is 12.5. The number of hydrogen-bond donors (Lipinski definition) is 0. The van der Waals surface area contributed by atoms with E-state index in [1.165, 1.54) is 11.1 Å². The van der Waals surface area contributed by atoms with E-state index in [2.05, 4.69) is 56.6 Å². The van der Waals surface area contributed by atoms with E-state index < -0.39 is 0 Å². The highest BCUT2D eigenvalue weighted by Crippen LogP contribution is 2.09. The van der Waals surface area contributed by atoms with E-state index in [1.54, 1.807) is 0 Å². The molecular formula is C18H24NO+. The number of quaternary nitrogens is 1. The summed E-state index contributed by atoms with van der Waals surface area (Å²) in [5.41, 5.74) is 2.61. The van der Waals surface area contributed by atoms with Gasteiger partial charge in [0.05, 0.1) is 27.3 Å². The first kappa shape index (κ1) is 14.8. The lowest BCUT2D eigenvalue weighted by molar-refractivity contribution is -0.904. The van der Waals surface area contributed by atoms with Crippen molar-refractivity contribution in [2.75, 3.05) is 27.2 Å². The van der Waals surface area contributed by atoms with Crippen LogP contribution in [0.5, 0.6) is 0 Å². The number of hydrogen-bond acceptors (Lipinski definition) is 1. The van der Waals surface area contributed by atoms with Gasteiger partial charge in [0.25, 0.3) is 0 Å². The molecule has 0 heterocycles. The third-order valence-corrected chi connectivity index (χ3v) is 3.41. The van der Waals surface area contributed by atoms with Crippen LogP contribution in [-0.4, -0.2) is 31.7 Å². The van der Waals surface area contributed by atoms with Gasteiger partial charge in [0.2, 0.25) is 0 Å². The van der Waals surface area contributed by atoms with Gasteiger partial charge in [-0.15, -0.1) is 0 Å². The topological polar surface area (TPSA) is 9.23 Å². The van der Waals surface area contributed by atoms with Gasteiger partial charge >= 0.3 is 0 Å². The summed E-state index contributed by atoms with van der Waals surface area (Å²) in [6.45, 7) is 3.54. The van der Waals surface area contributed by atoms with Crippen LogP contribution in [0.4, 0.5) is 0 Å². The monoisotopic (exact) mass is 270 g/mol. The molecule has 2 nitrogen and oxygen atoms in total. The third kappa shape index (κ3) is 5.16. The van der Waals surface area contributed by atoms with Crippen LogP contribution in [-0.2, 0) is 17.9 Å². The van der Waals surface area contributed by atoms with Crippen molar-refractivity contribution in [2.45, 2.75) is 13.2 Å². The number of rotatable bonds is 7. The van der Waals surface area contributed by atoms with Gasteiger partial charge in [0, 0.05) is 5.56 Å². The minimum absolute atomic E-state index is 0.701. The molecule has 0 spiro atoms. The van der Waals surface area contributed by atoms with Gasteiger partial charge in [-0.1, -0.05) is 60.7 Å². The molecule has 0 aliphatic rings. The van der Waals surface area contributed by atoms with Gasteiger partial charge in [-0.05, 0) is 5.56 Å². The minimum atomic E-state index is 0.701. The fraction of sp³-hybridized carbons (Fsp3) is 0.333. The summed E-state index contributed by atoms with van der Waals surface area (Å²) >= 11 is 0. The number of likely N-dealkylation sites (N-methyl/N-ethyl adjacent to an activating group) is 1. The van der Waals surface area contributed by atoms with E-state index in [9.17, 15) is 0 Å². The largest absolute Gasteiger partial charge is 0.371 e. The van der Waals surface area contributed by atoms with E-state index in [0.717, 1.165) is 24.2 Å². The molecule has 0 atom stereocenters. The summed E-state index contributed by atoms with van der Waals surface area (Å²) in [6.07, 6.45) is 0. The Balaban J connectivity index is 1.72. The summed E-state index contributed by atoms with van der Waals surface area (Å²) < 4.78 is 6.72. The van der Waals surface area contributed by atoms with E-state index >= 15 is 0 Å². The highest BCUT2D eigenvalue weighted by molar-refractivity contribution is 5.14. The molecule has 2 rings (SSSR count). The molecule has 0 saturated carbocycles. The average Bonchev–Trinajstić information content (AvgIpc) is 2.45. The molecule has 0 aliphatic carbocycles. The number of nitrogens with zero attached hydrogens (tertiary/aromatic N) is 1. The first-order valence-electron chi connectivity index (χ1n) is 7.13. The van der Waals surface area contributed by atoms with Crippen LogP contribution >= 0.6 is 0 Å². The van der Waals surface area contributed by atoms with Crippen LogP contribution in [0, 0.1) is 0 Å². The molecule has 106 valence electrons. The van der Waals surface area contributed by atoms with Gasteiger partial charge in [-0.2, -0.15) is 0 Å². The Bertz CT molecular complexity index is 493. The molecule has 0 saturated heterocycles. The minimum Gasteiger partial charge on any atom is -0.371 e. The Morgan fingerprint density at radius 2 is 1.35 bits per heavy atom. The van der Waals surface area contributed by atoms with Gasteiger partial charge in [0.15, 0.2) is 0 Å². The van der Waals surface area contributed by atoms with Crippen LogP contribution in [0.15, 0.2) is 60.7 Å². The highest BCUT2D eigenvalue weighted by atomic mass is 16.5. The maximum Gasteiger partial charge on any atom is 0.104 e. The van der Waals surface area contributed by atoms with Crippen LogP contribution < -0.4 is 0 Å². The van der Waals surface area contributed by atoms with E-state index in [1.807, 2.05) is 18.2 Å². The van der Waals surface area contributed by atoms with Crippen molar-refractivity contribution < 1.29 is 9.22 Å². The zero-order chi connectivity index (χ0) is 14.3. The Morgan fingerprint density at radius 3 is 1.95 bits per heavy atom. The molecule has 20 heavy (non-hydrogen) atoms.